The molecule has 162 valence electrons. The molecular formula is C17H29IN2O8. The molecule has 1 aliphatic rings. The van der Waals surface area contributed by atoms with Gasteiger partial charge in [0.15, 0.2) is 5.78 Å². The van der Waals surface area contributed by atoms with Crippen molar-refractivity contribution in [2.24, 2.45) is 5.92 Å². The predicted octanol–water partition coefficient (Wildman–Crippen LogP) is -2.40. The summed E-state index contributed by atoms with van der Waals surface area (Å²) in [5.74, 6) is -2.49. The maximum atomic E-state index is 12.4. The molecule has 6 atom stereocenters. The zero-order valence-corrected chi connectivity index (χ0v) is 18.2. The fraction of sp³-hybridized carbons (Fsp3) is 0.824. The van der Waals surface area contributed by atoms with Gasteiger partial charge in [0.05, 0.1) is 18.8 Å². The Kier molecular flexibility index (Phi) is 9.22. The van der Waals surface area contributed by atoms with Crippen molar-refractivity contribution in [2.45, 2.75) is 73.5 Å². The van der Waals surface area contributed by atoms with E-state index in [4.69, 9.17) is 0 Å². The monoisotopic (exact) mass is 516 g/mol. The van der Waals surface area contributed by atoms with E-state index in [1.165, 1.54) is 6.92 Å². The smallest absolute Gasteiger partial charge is 0.252 e. The van der Waals surface area contributed by atoms with Crippen molar-refractivity contribution in [3.8, 4) is 0 Å². The molecule has 0 spiro atoms. The minimum Gasteiger partial charge on any atom is -0.394 e. The standard InChI is InChI=1S/C17H29IN2O8/c1-7(8(2)18)13(24)10(6-21)20-15(26)9(3)19-16(27)17(28)4-11(22)14(25)12(23)5-17/h7-12,14,21-23,25,28H,4-6H2,1-3H3,(H,19,27)(H,20,26)/t7-,8-,9-,10-,11?,12?,14?,17?/m1/s1. The molecule has 2 unspecified atom stereocenters. The van der Waals surface area contributed by atoms with Crippen LogP contribution in [0.4, 0.5) is 0 Å². The van der Waals surface area contributed by atoms with E-state index in [9.17, 15) is 39.9 Å². The van der Waals surface area contributed by atoms with Crippen molar-refractivity contribution in [3.05, 3.63) is 0 Å². The van der Waals surface area contributed by atoms with Crippen LogP contribution in [0.5, 0.6) is 0 Å². The number of amides is 2. The van der Waals surface area contributed by atoms with Gasteiger partial charge >= 0.3 is 0 Å². The average Bonchev–Trinajstić information content (AvgIpc) is 2.62. The molecule has 1 rings (SSSR count). The SMILES string of the molecule is C[C@@H](NC(=O)C1(O)CC(O)C(O)C(O)C1)C(=O)N[C@H](CO)C(=O)[C@H](C)[C@@H](C)I. The van der Waals surface area contributed by atoms with Gasteiger partial charge in [0, 0.05) is 22.7 Å². The number of halogens is 1. The van der Waals surface area contributed by atoms with Crippen LogP contribution in [0.3, 0.4) is 0 Å². The van der Waals surface area contributed by atoms with E-state index >= 15 is 0 Å². The van der Waals surface area contributed by atoms with Crippen LogP contribution >= 0.6 is 22.6 Å². The van der Waals surface area contributed by atoms with Gasteiger partial charge in [-0.15, -0.1) is 0 Å². The molecule has 1 saturated carbocycles. The molecule has 0 bridgehead atoms. The molecule has 0 aromatic carbocycles. The number of ketones is 1. The van der Waals surface area contributed by atoms with E-state index in [0.717, 1.165) is 0 Å². The van der Waals surface area contributed by atoms with Gasteiger partial charge in [-0.1, -0.05) is 36.4 Å². The Balaban J connectivity index is 2.73. The van der Waals surface area contributed by atoms with E-state index < -0.39 is 73.2 Å². The molecule has 0 aromatic rings. The average molecular weight is 516 g/mol. The van der Waals surface area contributed by atoms with Crippen LogP contribution in [-0.4, -0.2) is 89.7 Å². The summed E-state index contributed by atoms with van der Waals surface area (Å²) in [4.78, 5) is 37.0. The number of hydrogen-bond donors (Lipinski definition) is 7. The van der Waals surface area contributed by atoms with Crippen LogP contribution in [0.2, 0.25) is 0 Å². The summed E-state index contributed by atoms with van der Waals surface area (Å²) in [7, 11) is 0. The number of hydrogen-bond acceptors (Lipinski definition) is 8. The predicted molar refractivity (Wildman–Crippen MR) is 106 cm³/mol. The van der Waals surface area contributed by atoms with Crippen molar-refractivity contribution in [1.29, 1.82) is 0 Å². The molecule has 1 fully saturated rings. The van der Waals surface area contributed by atoms with Gasteiger partial charge in [0.2, 0.25) is 5.91 Å². The lowest BCUT2D eigenvalue weighted by atomic mass is 9.79. The normalized spacial score (nSPS) is 32.0. The van der Waals surface area contributed by atoms with Gasteiger partial charge in [-0.25, -0.2) is 0 Å². The minimum atomic E-state index is -2.16. The van der Waals surface area contributed by atoms with Crippen LogP contribution < -0.4 is 10.6 Å². The molecule has 11 heteroatoms. The van der Waals surface area contributed by atoms with Crippen molar-refractivity contribution >= 4 is 40.2 Å². The minimum absolute atomic E-state index is 0.0121. The second-order valence-corrected chi connectivity index (χ2v) is 9.34. The number of aliphatic hydroxyl groups excluding tert-OH is 4. The Bertz CT molecular complexity index is 576. The molecule has 1 aliphatic carbocycles. The van der Waals surface area contributed by atoms with Crippen LogP contribution in [0.25, 0.3) is 0 Å². The third kappa shape index (κ3) is 6.07. The van der Waals surface area contributed by atoms with Crippen LogP contribution in [-0.2, 0) is 14.4 Å². The molecule has 7 N–H and O–H groups in total. The first kappa shape index (κ1) is 25.2. The highest BCUT2D eigenvalue weighted by Crippen LogP contribution is 2.29. The third-order valence-corrected chi connectivity index (χ3v) is 6.10. The first-order valence-corrected chi connectivity index (χ1v) is 10.2. The van der Waals surface area contributed by atoms with E-state index in [1.54, 1.807) is 6.92 Å². The molecular weight excluding hydrogens is 487 g/mol. The fourth-order valence-corrected chi connectivity index (χ4v) is 3.26. The summed E-state index contributed by atoms with van der Waals surface area (Å²) < 4.78 is -0.0121. The van der Waals surface area contributed by atoms with Gasteiger partial charge in [-0.05, 0) is 6.92 Å². The van der Waals surface area contributed by atoms with Gasteiger partial charge in [-0.3, -0.25) is 14.4 Å². The molecule has 10 nitrogen and oxygen atoms in total. The summed E-state index contributed by atoms with van der Waals surface area (Å²) >= 11 is 2.07. The first-order chi connectivity index (χ1) is 12.8. The number of carbonyl (C=O) groups is 3. The second kappa shape index (κ2) is 10.3. The van der Waals surface area contributed by atoms with Crippen molar-refractivity contribution < 1.29 is 39.9 Å². The molecule has 0 heterocycles. The largest absolute Gasteiger partial charge is 0.394 e. The maximum Gasteiger partial charge on any atom is 0.252 e. The summed E-state index contributed by atoms with van der Waals surface area (Å²) in [6.07, 6.45) is -5.50. The molecule has 0 aliphatic heterocycles. The van der Waals surface area contributed by atoms with Gasteiger partial charge in [0.25, 0.3) is 5.91 Å². The third-order valence-electron chi connectivity index (χ3n) is 5.03. The first-order valence-electron chi connectivity index (χ1n) is 9.00. The van der Waals surface area contributed by atoms with Gasteiger partial charge in [-0.2, -0.15) is 0 Å². The summed E-state index contributed by atoms with van der Waals surface area (Å²) in [6, 6.07) is -2.29. The van der Waals surface area contributed by atoms with Crippen LogP contribution in [0.15, 0.2) is 0 Å². The zero-order valence-electron chi connectivity index (χ0n) is 16.0. The number of nitrogens with one attached hydrogen (secondary N) is 2. The highest BCUT2D eigenvalue weighted by Gasteiger charge is 2.48. The van der Waals surface area contributed by atoms with Crippen molar-refractivity contribution in [3.63, 3.8) is 0 Å². The summed E-state index contributed by atoms with van der Waals surface area (Å²) in [5, 5.41) is 53.4. The molecule has 28 heavy (non-hydrogen) atoms. The van der Waals surface area contributed by atoms with E-state index in [1.807, 2.05) is 6.92 Å². The topological polar surface area (TPSA) is 176 Å². The van der Waals surface area contributed by atoms with E-state index in [2.05, 4.69) is 33.2 Å². The Hall–Kier alpha value is -0.860. The lowest BCUT2D eigenvalue weighted by Gasteiger charge is -2.39. The Morgan fingerprint density at radius 1 is 1.07 bits per heavy atom. The fourth-order valence-electron chi connectivity index (χ4n) is 2.90. The Labute approximate surface area is 176 Å². The maximum absolute atomic E-state index is 12.4. The lowest BCUT2D eigenvalue weighted by Crippen LogP contribution is -2.61. The van der Waals surface area contributed by atoms with Crippen LogP contribution in [0.1, 0.15) is 33.6 Å². The second-order valence-electron chi connectivity index (χ2n) is 7.37. The van der Waals surface area contributed by atoms with E-state index in [0.29, 0.717) is 0 Å². The molecule has 0 saturated heterocycles. The number of carbonyl (C=O) groups excluding carboxylic acids is 3. The van der Waals surface area contributed by atoms with Crippen LogP contribution in [0, 0.1) is 5.92 Å². The molecule has 0 radical (unpaired) electrons. The number of rotatable bonds is 8. The zero-order chi connectivity index (χ0) is 21.8. The van der Waals surface area contributed by atoms with Crippen molar-refractivity contribution in [2.75, 3.05) is 6.61 Å². The molecule has 0 aromatic heterocycles. The Morgan fingerprint density at radius 2 is 1.57 bits per heavy atom. The summed E-state index contributed by atoms with van der Waals surface area (Å²) in [5.41, 5.74) is -2.16. The number of Topliss-reactive ketones (excluding diaryl/α,β-unsaturated/α-hetero) is 1. The number of aliphatic hydroxyl groups is 5. The lowest BCUT2D eigenvalue weighted by molar-refractivity contribution is -0.173. The van der Waals surface area contributed by atoms with Gasteiger partial charge < -0.3 is 36.2 Å². The number of alkyl halides is 1. The van der Waals surface area contributed by atoms with Gasteiger partial charge in [0.1, 0.15) is 23.8 Å². The quantitative estimate of drug-likeness (QED) is 0.138. The van der Waals surface area contributed by atoms with E-state index in [-0.39, 0.29) is 9.71 Å². The van der Waals surface area contributed by atoms with Crippen molar-refractivity contribution in [1.82, 2.24) is 10.6 Å². The highest BCUT2D eigenvalue weighted by molar-refractivity contribution is 14.1. The highest BCUT2D eigenvalue weighted by atomic mass is 127. The molecule has 2 amide bonds. The Morgan fingerprint density at radius 3 is 2.00 bits per heavy atom. The summed E-state index contributed by atoms with van der Waals surface area (Å²) in [6.45, 7) is 4.24.